The number of hydrogen-bond acceptors (Lipinski definition) is 3. The fourth-order valence-electron chi connectivity index (χ4n) is 6.04. The van der Waals surface area contributed by atoms with E-state index in [-0.39, 0.29) is 6.04 Å². The Balaban J connectivity index is 1.08. The molecule has 1 aliphatic rings. The van der Waals surface area contributed by atoms with Crippen LogP contribution in [-0.2, 0) is 0 Å². The molecule has 43 heavy (non-hydrogen) atoms. The van der Waals surface area contributed by atoms with Crippen molar-refractivity contribution in [3.8, 4) is 5.75 Å². The van der Waals surface area contributed by atoms with Gasteiger partial charge in [-0.2, -0.15) is 0 Å². The van der Waals surface area contributed by atoms with Crippen LogP contribution in [0, 0.1) is 0 Å². The fourth-order valence-corrected chi connectivity index (χ4v) is 6.04. The summed E-state index contributed by atoms with van der Waals surface area (Å²) in [6.07, 6.45) is 2.26. The number of piperazine rings is 1. The molecule has 1 unspecified atom stereocenters. The fraction of sp³-hybridized carbons (Fsp3) is 0.200. The zero-order chi connectivity index (χ0) is 29.3. The van der Waals surface area contributed by atoms with Gasteiger partial charge in [-0.1, -0.05) is 133 Å². The van der Waals surface area contributed by atoms with Crippen molar-refractivity contribution in [2.45, 2.75) is 19.0 Å². The van der Waals surface area contributed by atoms with E-state index >= 15 is 0 Å². The Morgan fingerprint density at radius 3 is 1.60 bits per heavy atom. The van der Waals surface area contributed by atoms with E-state index in [1.54, 1.807) is 0 Å². The molecule has 0 amide bonds. The second-order valence-electron chi connectivity index (χ2n) is 11.3. The highest BCUT2D eigenvalue weighted by Crippen LogP contribution is 2.30. The first-order chi connectivity index (χ1) is 21.2. The van der Waals surface area contributed by atoms with Gasteiger partial charge in [0.25, 0.3) is 0 Å². The molecule has 0 bridgehead atoms. The predicted octanol–water partition coefficient (Wildman–Crippen LogP) is 8.45. The van der Waals surface area contributed by atoms with Crippen LogP contribution in [0.4, 0.5) is 0 Å². The largest absolute Gasteiger partial charge is 0.492 e. The summed E-state index contributed by atoms with van der Waals surface area (Å²) in [6.45, 7) is 7.08. The number of benzene rings is 5. The van der Waals surface area contributed by atoms with Gasteiger partial charge in [0.05, 0.1) is 6.04 Å². The lowest BCUT2D eigenvalue weighted by Gasteiger charge is -2.41. The Morgan fingerprint density at radius 2 is 1.05 bits per heavy atom. The van der Waals surface area contributed by atoms with Gasteiger partial charge in [0.1, 0.15) is 12.4 Å². The van der Waals surface area contributed by atoms with Crippen molar-refractivity contribution in [3.63, 3.8) is 0 Å². The molecule has 216 valence electrons. The summed E-state index contributed by atoms with van der Waals surface area (Å²) in [5.41, 5.74) is 7.49. The molecule has 0 saturated carbocycles. The molecule has 0 aromatic heterocycles. The number of hydrogen-bond donors (Lipinski definition) is 0. The van der Waals surface area contributed by atoms with Crippen LogP contribution in [0.5, 0.6) is 5.75 Å². The Bertz CT molecular complexity index is 1520. The third kappa shape index (κ3) is 7.32. The van der Waals surface area contributed by atoms with Crippen LogP contribution in [0.25, 0.3) is 11.6 Å². The molecule has 1 atom stereocenters. The van der Waals surface area contributed by atoms with Crippen LogP contribution in [-0.4, -0.2) is 48.6 Å². The average molecular weight is 565 g/mol. The molecule has 0 radical (unpaired) electrons. The van der Waals surface area contributed by atoms with Crippen molar-refractivity contribution < 1.29 is 4.74 Å². The second kappa shape index (κ2) is 14.2. The lowest BCUT2D eigenvalue weighted by atomic mass is 9.95. The van der Waals surface area contributed by atoms with E-state index in [9.17, 15) is 0 Å². The summed E-state index contributed by atoms with van der Waals surface area (Å²) < 4.78 is 6.32. The first-order valence-electron chi connectivity index (χ1n) is 15.4. The zero-order valence-corrected chi connectivity index (χ0v) is 24.9. The minimum Gasteiger partial charge on any atom is -0.492 e. The molecule has 5 aromatic rings. The molecule has 1 heterocycles. The van der Waals surface area contributed by atoms with Crippen LogP contribution in [0.3, 0.4) is 0 Å². The maximum absolute atomic E-state index is 6.32. The van der Waals surface area contributed by atoms with Gasteiger partial charge in [0.2, 0.25) is 0 Å². The lowest BCUT2D eigenvalue weighted by molar-refractivity contribution is 0.0654. The van der Waals surface area contributed by atoms with Crippen LogP contribution >= 0.6 is 0 Å². The molecule has 5 aromatic carbocycles. The molecule has 1 aliphatic heterocycles. The first-order valence-corrected chi connectivity index (χ1v) is 15.4. The van der Waals surface area contributed by atoms with E-state index in [0.29, 0.717) is 12.6 Å². The zero-order valence-electron chi connectivity index (χ0n) is 24.9. The molecular formula is C40H40N2O. The van der Waals surface area contributed by atoms with Gasteiger partial charge in [-0.15, -0.1) is 0 Å². The highest BCUT2D eigenvalue weighted by Gasteiger charge is 2.28. The van der Waals surface area contributed by atoms with Crippen molar-refractivity contribution in [3.05, 3.63) is 173 Å². The maximum Gasteiger partial charge on any atom is 0.119 e. The highest BCUT2D eigenvalue weighted by molar-refractivity contribution is 5.91. The van der Waals surface area contributed by atoms with E-state index < -0.39 is 0 Å². The van der Waals surface area contributed by atoms with Gasteiger partial charge in [-0.25, -0.2) is 0 Å². The summed E-state index contributed by atoms with van der Waals surface area (Å²) in [5.74, 6) is 0.912. The predicted molar refractivity (Wildman–Crippen MR) is 179 cm³/mol. The van der Waals surface area contributed by atoms with Crippen molar-refractivity contribution in [1.29, 1.82) is 0 Å². The monoisotopic (exact) mass is 564 g/mol. The minimum absolute atomic E-state index is 0.284. The molecular weight excluding hydrogens is 524 g/mol. The van der Waals surface area contributed by atoms with Crippen LogP contribution in [0.2, 0.25) is 0 Å². The van der Waals surface area contributed by atoms with Crippen molar-refractivity contribution in [2.24, 2.45) is 0 Å². The summed E-state index contributed by atoms with van der Waals surface area (Å²) in [4.78, 5) is 5.19. The molecule has 6 rings (SSSR count). The maximum atomic E-state index is 6.32. The number of rotatable bonds is 10. The summed E-state index contributed by atoms with van der Waals surface area (Å²) in [5, 5.41) is 0. The van der Waals surface area contributed by atoms with Gasteiger partial charge < -0.3 is 4.74 Å². The molecule has 3 nitrogen and oxygen atoms in total. The molecule has 0 spiro atoms. The van der Waals surface area contributed by atoms with Crippen LogP contribution in [0.1, 0.15) is 40.8 Å². The smallest absolute Gasteiger partial charge is 0.119 e. The molecule has 1 saturated heterocycles. The van der Waals surface area contributed by atoms with E-state index in [4.69, 9.17) is 4.74 Å². The van der Waals surface area contributed by atoms with Gasteiger partial charge >= 0.3 is 0 Å². The van der Waals surface area contributed by atoms with Crippen LogP contribution < -0.4 is 4.74 Å². The highest BCUT2D eigenvalue weighted by atomic mass is 16.5. The Kier molecular flexibility index (Phi) is 9.44. The average Bonchev–Trinajstić information content (AvgIpc) is 3.09. The molecule has 1 fully saturated rings. The normalized spacial score (nSPS) is 15.3. The minimum atomic E-state index is 0.284. The Labute approximate surface area is 256 Å². The van der Waals surface area contributed by atoms with Crippen molar-refractivity contribution in [2.75, 3.05) is 32.8 Å². The molecule has 3 heteroatoms. The van der Waals surface area contributed by atoms with Crippen LogP contribution in [0.15, 0.2) is 146 Å². The SMILES string of the molecule is CC(COc1ccc(/C(=C/c2ccccc2)c2ccccc2)cc1)N1CCN(C(c2ccccc2)c2ccccc2)CC1. The van der Waals surface area contributed by atoms with E-state index in [1.165, 1.54) is 33.4 Å². The Morgan fingerprint density at radius 1 is 0.581 bits per heavy atom. The topological polar surface area (TPSA) is 15.7 Å². The standard InChI is InChI=1S/C40H40N2O/c1-32(41-26-28-42(29-27-41)40(36-18-10-4-11-19-36)37-20-12-5-13-21-37)31-43-38-24-22-35(23-25-38)39(34-16-8-3-9-17-34)30-33-14-6-2-7-15-33/h2-25,30,32,40H,26-29,31H2,1H3/b39-30+. The van der Waals surface area contributed by atoms with E-state index in [0.717, 1.165) is 31.9 Å². The third-order valence-electron chi connectivity index (χ3n) is 8.42. The Hall–Kier alpha value is -4.44. The number of nitrogens with zero attached hydrogens (tertiary/aromatic N) is 2. The van der Waals surface area contributed by atoms with Gasteiger partial charge in [-0.05, 0) is 58.5 Å². The van der Waals surface area contributed by atoms with E-state index in [2.05, 4.69) is 168 Å². The van der Waals surface area contributed by atoms with Gasteiger partial charge in [0, 0.05) is 32.2 Å². The molecule has 0 N–H and O–H groups in total. The van der Waals surface area contributed by atoms with Crippen molar-refractivity contribution >= 4 is 11.6 Å². The summed E-state index contributed by atoms with van der Waals surface area (Å²) in [7, 11) is 0. The van der Waals surface area contributed by atoms with Gasteiger partial charge in [0.15, 0.2) is 0 Å². The molecule has 0 aliphatic carbocycles. The van der Waals surface area contributed by atoms with Crippen molar-refractivity contribution in [1.82, 2.24) is 9.80 Å². The number of ether oxygens (including phenoxy) is 1. The summed E-state index contributed by atoms with van der Waals surface area (Å²) in [6, 6.07) is 52.1. The summed E-state index contributed by atoms with van der Waals surface area (Å²) >= 11 is 0. The lowest BCUT2D eigenvalue weighted by Crippen LogP contribution is -2.51. The quantitative estimate of drug-likeness (QED) is 0.158. The second-order valence-corrected chi connectivity index (χ2v) is 11.3. The van der Waals surface area contributed by atoms with Gasteiger partial charge in [-0.3, -0.25) is 9.80 Å². The third-order valence-corrected chi connectivity index (χ3v) is 8.42. The van der Waals surface area contributed by atoms with E-state index in [1.807, 2.05) is 0 Å². The first kappa shape index (κ1) is 28.7.